The molecule has 0 saturated carbocycles. The van der Waals surface area contributed by atoms with E-state index in [0.717, 1.165) is 43.7 Å². The summed E-state index contributed by atoms with van der Waals surface area (Å²) >= 11 is 0. The molecule has 0 N–H and O–H groups in total. The zero-order valence-corrected chi connectivity index (χ0v) is 13.7. The molecule has 0 unspecified atom stereocenters. The van der Waals surface area contributed by atoms with Crippen molar-refractivity contribution >= 4 is 0 Å². The van der Waals surface area contributed by atoms with Crippen LogP contribution >= 0.6 is 0 Å². The van der Waals surface area contributed by atoms with Gasteiger partial charge in [-0.1, -0.05) is 6.07 Å². The fourth-order valence-corrected chi connectivity index (χ4v) is 3.33. The molecule has 1 saturated heterocycles. The van der Waals surface area contributed by atoms with Gasteiger partial charge in [-0.2, -0.15) is 5.10 Å². The first kappa shape index (κ1) is 16.1. The summed E-state index contributed by atoms with van der Waals surface area (Å²) in [4.78, 5) is 2.31. The molecule has 0 radical (unpaired) electrons. The number of likely N-dealkylation sites (tertiary alicyclic amines) is 1. The first-order chi connectivity index (χ1) is 11.0. The number of hydrogen-bond donors (Lipinski definition) is 0. The lowest BCUT2D eigenvalue weighted by molar-refractivity contribution is 0.164. The standard InChI is InChI=1S/C18H23F2N3/c1-13-9-14(2)23(21-13)12-15-5-7-22(8-6-15)11-16-3-4-17(19)18(20)10-16/h3-4,9-10,15H,5-8,11-12H2,1-2H3. The van der Waals surface area contributed by atoms with Crippen molar-refractivity contribution in [2.45, 2.75) is 39.8 Å². The van der Waals surface area contributed by atoms with Gasteiger partial charge in [0, 0.05) is 18.8 Å². The maximum atomic E-state index is 13.3. The van der Waals surface area contributed by atoms with E-state index in [9.17, 15) is 8.78 Å². The second kappa shape index (κ2) is 6.79. The van der Waals surface area contributed by atoms with E-state index in [1.54, 1.807) is 6.07 Å². The summed E-state index contributed by atoms with van der Waals surface area (Å²) in [5.74, 6) is -0.909. The van der Waals surface area contributed by atoms with Gasteiger partial charge in [0.05, 0.1) is 5.69 Å². The van der Waals surface area contributed by atoms with E-state index in [1.165, 1.54) is 17.8 Å². The van der Waals surface area contributed by atoms with Crippen LogP contribution in [0.25, 0.3) is 0 Å². The summed E-state index contributed by atoms with van der Waals surface area (Å²) in [6, 6.07) is 6.29. The van der Waals surface area contributed by atoms with Gasteiger partial charge in [-0.3, -0.25) is 9.58 Å². The molecule has 0 spiro atoms. The van der Waals surface area contributed by atoms with Crippen LogP contribution in [-0.4, -0.2) is 27.8 Å². The number of aromatic nitrogens is 2. The molecule has 0 aliphatic carbocycles. The SMILES string of the molecule is Cc1cc(C)n(CC2CCN(Cc3ccc(F)c(F)c3)CC2)n1. The van der Waals surface area contributed by atoms with Crippen LogP contribution in [0.5, 0.6) is 0 Å². The van der Waals surface area contributed by atoms with Crippen LogP contribution in [0, 0.1) is 31.4 Å². The molecule has 1 aromatic heterocycles. The molecule has 1 aliphatic heterocycles. The maximum absolute atomic E-state index is 13.3. The van der Waals surface area contributed by atoms with Gasteiger partial charge in [-0.05, 0) is 69.5 Å². The van der Waals surface area contributed by atoms with Crippen LogP contribution < -0.4 is 0 Å². The van der Waals surface area contributed by atoms with E-state index >= 15 is 0 Å². The van der Waals surface area contributed by atoms with Crippen molar-refractivity contribution in [3.8, 4) is 0 Å². The molecular weight excluding hydrogens is 296 g/mol. The van der Waals surface area contributed by atoms with E-state index in [1.807, 2.05) is 6.92 Å². The van der Waals surface area contributed by atoms with Crippen molar-refractivity contribution in [1.82, 2.24) is 14.7 Å². The van der Waals surface area contributed by atoms with Crippen LogP contribution in [0.4, 0.5) is 8.78 Å². The fraction of sp³-hybridized carbons (Fsp3) is 0.500. The van der Waals surface area contributed by atoms with Crippen LogP contribution in [0.2, 0.25) is 0 Å². The molecule has 1 aromatic carbocycles. The summed E-state index contributed by atoms with van der Waals surface area (Å²) in [5, 5.41) is 4.53. The molecule has 1 aliphatic rings. The average Bonchev–Trinajstić information content (AvgIpc) is 2.83. The zero-order valence-electron chi connectivity index (χ0n) is 13.7. The summed E-state index contributed by atoms with van der Waals surface area (Å²) < 4.78 is 28.3. The van der Waals surface area contributed by atoms with E-state index in [4.69, 9.17) is 0 Å². The number of piperidine rings is 1. The van der Waals surface area contributed by atoms with Gasteiger partial charge in [0.25, 0.3) is 0 Å². The molecule has 0 atom stereocenters. The van der Waals surface area contributed by atoms with E-state index in [2.05, 4.69) is 27.7 Å². The van der Waals surface area contributed by atoms with Crippen molar-refractivity contribution in [2.24, 2.45) is 5.92 Å². The van der Waals surface area contributed by atoms with E-state index in [0.29, 0.717) is 12.5 Å². The lowest BCUT2D eigenvalue weighted by Crippen LogP contribution is -2.34. The topological polar surface area (TPSA) is 21.1 Å². The Hall–Kier alpha value is -1.75. The Bertz CT molecular complexity index is 673. The quantitative estimate of drug-likeness (QED) is 0.857. The highest BCUT2D eigenvalue weighted by molar-refractivity contribution is 5.17. The Kier molecular flexibility index (Phi) is 4.76. The van der Waals surface area contributed by atoms with Crippen molar-refractivity contribution in [1.29, 1.82) is 0 Å². The fourth-order valence-electron chi connectivity index (χ4n) is 3.33. The second-order valence-electron chi connectivity index (χ2n) is 6.58. The number of nitrogens with zero attached hydrogens (tertiary/aromatic N) is 3. The molecule has 3 rings (SSSR count). The summed E-state index contributed by atoms with van der Waals surface area (Å²) in [6.45, 7) is 7.75. The predicted molar refractivity (Wildman–Crippen MR) is 86.1 cm³/mol. The number of aryl methyl sites for hydroxylation is 2. The molecule has 0 bridgehead atoms. The molecule has 124 valence electrons. The Morgan fingerprint density at radius 2 is 1.83 bits per heavy atom. The Morgan fingerprint density at radius 1 is 1.09 bits per heavy atom. The summed E-state index contributed by atoms with van der Waals surface area (Å²) in [5.41, 5.74) is 3.12. The first-order valence-electron chi connectivity index (χ1n) is 8.18. The third-order valence-corrected chi connectivity index (χ3v) is 4.63. The van der Waals surface area contributed by atoms with Gasteiger partial charge in [0.15, 0.2) is 11.6 Å². The normalized spacial score (nSPS) is 16.9. The van der Waals surface area contributed by atoms with Crippen molar-refractivity contribution < 1.29 is 8.78 Å². The van der Waals surface area contributed by atoms with Gasteiger partial charge in [-0.25, -0.2) is 8.78 Å². The van der Waals surface area contributed by atoms with Crippen LogP contribution in [0.3, 0.4) is 0 Å². The van der Waals surface area contributed by atoms with Gasteiger partial charge in [0.2, 0.25) is 0 Å². The molecule has 1 fully saturated rings. The lowest BCUT2D eigenvalue weighted by Gasteiger charge is -2.32. The number of halogens is 2. The zero-order chi connectivity index (χ0) is 16.4. The minimum absolute atomic E-state index is 0.634. The molecular formula is C18H23F2N3. The Labute approximate surface area is 135 Å². The van der Waals surface area contributed by atoms with Crippen LogP contribution in [0.1, 0.15) is 29.8 Å². The van der Waals surface area contributed by atoms with Gasteiger partial charge >= 0.3 is 0 Å². The van der Waals surface area contributed by atoms with Crippen molar-refractivity contribution in [3.63, 3.8) is 0 Å². The monoisotopic (exact) mass is 319 g/mol. The third-order valence-electron chi connectivity index (χ3n) is 4.63. The minimum Gasteiger partial charge on any atom is -0.299 e. The highest BCUT2D eigenvalue weighted by Crippen LogP contribution is 2.22. The first-order valence-corrected chi connectivity index (χ1v) is 8.18. The number of benzene rings is 1. The van der Waals surface area contributed by atoms with E-state index in [-0.39, 0.29) is 0 Å². The van der Waals surface area contributed by atoms with Crippen molar-refractivity contribution in [2.75, 3.05) is 13.1 Å². The third kappa shape index (κ3) is 3.96. The van der Waals surface area contributed by atoms with Gasteiger partial charge in [-0.15, -0.1) is 0 Å². The predicted octanol–water partition coefficient (Wildman–Crippen LogP) is 3.69. The molecule has 5 heteroatoms. The molecule has 2 aromatic rings. The number of rotatable bonds is 4. The minimum atomic E-state index is -0.780. The molecule has 23 heavy (non-hydrogen) atoms. The number of hydrogen-bond acceptors (Lipinski definition) is 2. The summed E-state index contributed by atoms with van der Waals surface area (Å²) in [6.07, 6.45) is 2.23. The van der Waals surface area contributed by atoms with Gasteiger partial charge < -0.3 is 0 Å². The Balaban J connectivity index is 1.52. The second-order valence-corrected chi connectivity index (χ2v) is 6.58. The maximum Gasteiger partial charge on any atom is 0.159 e. The summed E-state index contributed by atoms with van der Waals surface area (Å²) in [7, 11) is 0. The smallest absolute Gasteiger partial charge is 0.159 e. The Morgan fingerprint density at radius 3 is 2.43 bits per heavy atom. The largest absolute Gasteiger partial charge is 0.299 e. The van der Waals surface area contributed by atoms with Crippen LogP contribution in [0.15, 0.2) is 24.3 Å². The highest BCUT2D eigenvalue weighted by atomic mass is 19.2. The highest BCUT2D eigenvalue weighted by Gasteiger charge is 2.20. The van der Waals surface area contributed by atoms with Crippen molar-refractivity contribution in [3.05, 3.63) is 52.9 Å². The lowest BCUT2D eigenvalue weighted by atomic mass is 9.96. The molecule has 0 amide bonds. The van der Waals surface area contributed by atoms with E-state index < -0.39 is 11.6 Å². The molecule has 2 heterocycles. The van der Waals surface area contributed by atoms with Gasteiger partial charge in [0.1, 0.15) is 0 Å². The average molecular weight is 319 g/mol. The molecule has 3 nitrogen and oxygen atoms in total. The van der Waals surface area contributed by atoms with Crippen LogP contribution in [-0.2, 0) is 13.1 Å².